The summed E-state index contributed by atoms with van der Waals surface area (Å²) in [4.78, 5) is 17.4. The number of methoxy groups -OCH3 is 2. The molecule has 0 saturated heterocycles. The van der Waals surface area contributed by atoms with Crippen LogP contribution in [0, 0.1) is 11.6 Å². The highest BCUT2D eigenvalue weighted by atomic mass is 19.4. The fraction of sp³-hybridized carbons (Fsp3) is 0.300. The Hall–Kier alpha value is -5.32. The average molecular weight is 792 g/mol. The lowest BCUT2D eigenvalue weighted by Crippen LogP contribution is -2.14. The van der Waals surface area contributed by atoms with Crippen molar-refractivity contribution in [3.63, 3.8) is 0 Å². The highest BCUT2D eigenvalue weighted by Crippen LogP contribution is 2.44. The molecule has 298 valence electrons. The van der Waals surface area contributed by atoms with Crippen LogP contribution in [0.3, 0.4) is 0 Å². The number of ketones is 1. The van der Waals surface area contributed by atoms with E-state index < -0.39 is 46.5 Å². The van der Waals surface area contributed by atoms with Crippen LogP contribution in [0.4, 0.5) is 35.1 Å². The first kappa shape index (κ1) is 41.8. The average Bonchev–Trinajstić information content (AvgIpc) is 3.53. The van der Waals surface area contributed by atoms with Gasteiger partial charge in [0.2, 0.25) is 0 Å². The molecular formula is C40H37F8N3O5. The number of nitrogens with two attached hydrogens (primary N) is 1. The van der Waals surface area contributed by atoms with Crippen LogP contribution in [-0.2, 0) is 28.4 Å². The maximum atomic E-state index is 15.3. The molecule has 0 unspecified atom stereocenters. The smallest absolute Gasteiger partial charge is 0.417 e. The fourth-order valence-corrected chi connectivity index (χ4v) is 5.95. The Morgan fingerprint density at radius 1 is 0.732 bits per heavy atom. The third-order valence-electron chi connectivity index (χ3n) is 8.65. The number of alkyl halides is 6. The highest BCUT2D eigenvalue weighted by Gasteiger charge is 2.40. The first-order valence-corrected chi connectivity index (χ1v) is 17.2. The van der Waals surface area contributed by atoms with Crippen molar-refractivity contribution in [1.82, 2.24) is 9.55 Å². The Kier molecular flexibility index (Phi) is 13.5. The maximum absolute atomic E-state index is 15.3. The molecule has 0 fully saturated rings. The Morgan fingerprint density at radius 2 is 1.34 bits per heavy atom. The van der Waals surface area contributed by atoms with Crippen molar-refractivity contribution >= 4 is 5.78 Å². The van der Waals surface area contributed by atoms with Gasteiger partial charge in [-0.15, -0.1) is 0 Å². The van der Waals surface area contributed by atoms with E-state index in [1.807, 2.05) is 0 Å². The summed E-state index contributed by atoms with van der Waals surface area (Å²) in [7, 11) is 2.47. The summed E-state index contributed by atoms with van der Waals surface area (Å²) in [5, 5.41) is 0. The van der Waals surface area contributed by atoms with E-state index >= 15 is 8.78 Å². The minimum atomic E-state index is -5.28. The predicted molar refractivity (Wildman–Crippen MR) is 191 cm³/mol. The Morgan fingerprint density at radius 3 is 1.91 bits per heavy atom. The molecular weight excluding hydrogens is 754 g/mol. The number of imidazole rings is 1. The van der Waals surface area contributed by atoms with Crippen LogP contribution in [0.2, 0.25) is 0 Å². The molecule has 0 spiro atoms. The van der Waals surface area contributed by atoms with Gasteiger partial charge in [0, 0.05) is 48.4 Å². The lowest BCUT2D eigenvalue weighted by molar-refractivity contribution is -0.142. The molecule has 8 nitrogen and oxygen atoms in total. The summed E-state index contributed by atoms with van der Waals surface area (Å²) in [6, 6.07) is 14.8. The lowest BCUT2D eigenvalue weighted by Gasteiger charge is -2.18. The Balaban J connectivity index is 1.63. The van der Waals surface area contributed by atoms with Crippen molar-refractivity contribution in [2.75, 3.05) is 47.2 Å². The number of carbonyl (C=O) groups excluding carboxylic acids is 1. The SMILES string of the molecule is COc1ccc(-c2nc(-c3ccc(C(F)(F)F)cc3C(F)(F)F)n(Cc3ccc(C(=O)CCCOCCOCCN)cc3)c2-c2ccc(OC)c(F)c2)cc1F. The Bertz CT molecular complexity index is 2130. The monoisotopic (exact) mass is 791 g/mol. The Labute approximate surface area is 316 Å². The van der Waals surface area contributed by atoms with Crippen molar-refractivity contribution in [2.24, 2.45) is 5.73 Å². The van der Waals surface area contributed by atoms with Crippen LogP contribution in [0.25, 0.3) is 33.9 Å². The van der Waals surface area contributed by atoms with Gasteiger partial charge in [-0.3, -0.25) is 4.79 Å². The number of carbonyl (C=O) groups is 1. The number of aromatic nitrogens is 2. The summed E-state index contributed by atoms with van der Waals surface area (Å²) in [5.41, 5.74) is 2.27. The van der Waals surface area contributed by atoms with Gasteiger partial charge in [-0.05, 0) is 60.5 Å². The van der Waals surface area contributed by atoms with Crippen LogP contribution in [0.1, 0.15) is 39.9 Å². The van der Waals surface area contributed by atoms with Crippen molar-refractivity contribution in [3.8, 4) is 45.4 Å². The van der Waals surface area contributed by atoms with Gasteiger partial charge in [0.1, 0.15) is 5.82 Å². The normalized spacial score (nSPS) is 11.9. The molecule has 0 aliphatic rings. The largest absolute Gasteiger partial charge is 0.494 e. The van der Waals surface area contributed by atoms with Gasteiger partial charge >= 0.3 is 12.4 Å². The second-order valence-electron chi connectivity index (χ2n) is 12.4. The number of hydrogen-bond donors (Lipinski definition) is 1. The molecule has 0 aliphatic carbocycles. The minimum absolute atomic E-state index is 0.00504. The number of nitrogens with zero attached hydrogens (tertiary/aromatic N) is 2. The van der Waals surface area contributed by atoms with Gasteiger partial charge in [0.15, 0.2) is 28.9 Å². The standard InChI is InChI=1S/C40H37F8N3O5/c1-53-34-13-9-26(20-31(34)41)36-37(27-10-14-35(54-2)32(42)21-27)51(38(50-36)29-12-11-28(39(43,44)45)22-30(29)40(46,47)48)23-24-5-7-25(8-6-24)33(52)4-3-16-55-18-19-56-17-15-49/h5-14,20-22H,3-4,15-19,23,49H2,1-2H3. The third-order valence-corrected chi connectivity index (χ3v) is 8.65. The number of ether oxygens (including phenoxy) is 4. The molecule has 0 atom stereocenters. The maximum Gasteiger partial charge on any atom is 0.417 e. The van der Waals surface area contributed by atoms with Crippen LogP contribution in [0.15, 0.2) is 78.9 Å². The molecule has 2 N–H and O–H groups in total. The zero-order valence-electron chi connectivity index (χ0n) is 30.2. The van der Waals surface area contributed by atoms with Crippen LogP contribution in [0.5, 0.6) is 11.5 Å². The van der Waals surface area contributed by atoms with E-state index in [0.717, 1.165) is 12.1 Å². The molecule has 0 saturated carbocycles. The second kappa shape index (κ2) is 18.1. The van der Waals surface area contributed by atoms with Gasteiger partial charge in [0.25, 0.3) is 0 Å². The molecule has 1 aromatic heterocycles. The number of rotatable bonds is 17. The van der Waals surface area contributed by atoms with Crippen LogP contribution < -0.4 is 15.2 Å². The summed E-state index contributed by atoms with van der Waals surface area (Å²) in [5.74, 6) is -2.63. The van der Waals surface area contributed by atoms with E-state index in [1.165, 1.54) is 55.2 Å². The molecule has 16 heteroatoms. The minimum Gasteiger partial charge on any atom is -0.494 e. The summed E-state index contributed by atoms with van der Waals surface area (Å²) >= 11 is 0. The first-order chi connectivity index (χ1) is 26.7. The van der Waals surface area contributed by atoms with E-state index in [2.05, 4.69) is 4.98 Å². The fourth-order valence-electron chi connectivity index (χ4n) is 5.95. The van der Waals surface area contributed by atoms with Crippen LogP contribution in [-0.4, -0.2) is 62.5 Å². The summed E-state index contributed by atoms with van der Waals surface area (Å²) in [6.07, 6.45) is -9.78. The zero-order valence-corrected chi connectivity index (χ0v) is 30.2. The van der Waals surface area contributed by atoms with E-state index in [0.29, 0.717) is 62.7 Å². The van der Waals surface area contributed by atoms with E-state index in [9.17, 15) is 31.1 Å². The van der Waals surface area contributed by atoms with E-state index in [4.69, 9.17) is 24.7 Å². The molecule has 5 rings (SSSR count). The van der Waals surface area contributed by atoms with Gasteiger partial charge in [-0.1, -0.05) is 30.3 Å². The van der Waals surface area contributed by atoms with E-state index in [-0.39, 0.29) is 58.8 Å². The van der Waals surface area contributed by atoms with Crippen molar-refractivity contribution < 1.29 is 58.9 Å². The summed E-state index contributed by atoms with van der Waals surface area (Å²) in [6.45, 7) is 1.57. The van der Waals surface area contributed by atoms with Gasteiger partial charge in [-0.25, -0.2) is 13.8 Å². The molecule has 56 heavy (non-hydrogen) atoms. The zero-order chi connectivity index (χ0) is 40.6. The number of benzene rings is 4. The molecule has 5 aromatic rings. The van der Waals surface area contributed by atoms with Crippen molar-refractivity contribution in [2.45, 2.75) is 31.7 Å². The van der Waals surface area contributed by atoms with Crippen LogP contribution >= 0.6 is 0 Å². The highest BCUT2D eigenvalue weighted by molar-refractivity contribution is 5.96. The number of hydrogen-bond acceptors (Lipinski definition) is 7. The lowest BCUT2D eigenvalue weighted by atomic mass is 10.0. The third kappa shape index (κ3) is 9.91. The van der Waals surface area contributed by atoms with Gasteiger partial charge in [-0.2, -0.15) is 26.3 Å². The topological polar surface area (TPSA) is 97.8 Å². The molecule has 0 amide bonds. The van der Waals surface area contributed by atoms with Crippen molar-refractivity contribution in [3.05, 3.63) is 113 Å². The second-order valence-corrected chi connectivity index (χ2v) is 12.4. The predicted octanol–water partition coefficient (Wildman–Crippen LogP) is 9.22. The van der Waals surface area contributed by atoms with Gasteiger partial charge in [0.05, 0.1) is 56.6 Å². The number of Topliss-reactive ketones (excluding diaryl/α,β-unsaturated/α-hetero) is 1. The quantitative estimate of drug-likeness (QED) is 0.0570. The van der Waals surface area contributed by atoms with E-state index in [1.54, 1.807) is 12.1 Å². The summed E-state index contributed by atoms with van der Waals surface area (Å²) < 4.78 is 137. The molecule has 0 bridgehead atoms. The van der Waals surface area contributed by atoms with Crippen molar-refractivity contribution in [1.29, 1.82) is 0 Å². The molecule has 1 heterocycles. The first-order valence-electron chi connectivity index (χ1n) is 17.2. The molecule has 0 aliphatic heterocycles. The molecule has 0 radical (unpaired) electrons. The molecule has 4 aromatic carbocycles. The van der Waals surface area contributed by atoms with Gasteiger partial charge < -0.3 is 29.2 Å². The number of halogens is 8.